The number of carbonyl (C=O) groups is 1. The molecule has 0 bridgehead atoms. The Bertz CT molecular complexity index is 694. The number of hydrogen-bond donors (Lipinski definition) is 2. The van der Waals surface area contributed by atoms with Gasteiger partial charge in [-0.1, -0.05) is 30.7 Å². The minimum absolute atomic E-state index is 0.158. The molecule has 0 spiro atoms. The zero-order chi connectivity index (χ0) is 16.8. The van der Waals surface area contributed by atoms with E-state index in [2.05, 4.69) is 44.5 Å². The standard InChI is InChI=1S/C18H25N5O/c1-14-7-4-5-8-15(14)10-11-19-18(24)20-13-17-22-21-16-9-3-2-6-12-23(16)17/h4-5,7-8H,2-3,6,9-13H2,1H3,(H2,19,20,24). The summed E-state index contributed by atoms with van der Waals surface area (Å²) < 4.78 is 2.15. The number of aromatic nitrogens is 3. The summed E-state index contributed by atoms with van der Waals surface area (Å²) in [4.78, 5) is 12.0. The van der Waals surface area contributed by atoms with Crippen molar-refractivity contribution in [3.63, 3.8) is 0 Å². The Balaban J connectivity index is 1.45. The number of rotatable bonds is 5. The predicted molar refractivity (Wildman–Crippen MR) is 92.7 cm³/mol. The van der Waals surface area contributed by atoms with Crippen LogP contribution in [0.15, 0.2) is 24.3 Å². The molecular formula is C18H25N5O. The highest BCUT2D eigenvalue weighted by Gasteiger charge is 2.14. The van der Waals surface area contributed by atoms with E-state index in [4.69, 9.17) is 0 Å². The molecule has 128 valence electrons. The highest BCUT2D eigenvalue weighted by molar-refractivity contribution is 5.73. The summed E-state index contributed by atoms with van der Waals surface area (Å²) in [5, 5.41) is 14.3. The summed E-state index contributed by atoms with van der Waals surface area (Å²) in [6.07, 6.45) is 5.37. The van der Waals surface area contributed by atoms with Crippen LogP contribution in [0.25, 0.3) is 0 Å². The summed E-state index contributed by atoms with van der Waals surface area (Å²) in [5.41, 5.74) is 2.52. The van der Waals surface area contributed by atoms with Crippen LogP contribution in [0.4, 0.5) is 4.79 Å². The van der Waals surface area contributed by atoms with Gasteiger partial charge in [0.2, 0.25) is 0 Å². The van der Waals surface area contributed by atoms with Crippen LogP contribution in [0.1, 0.15) is 42.0 Å². The first-order valence-corrected chi connectivity index (χ1v) is 8.71. The molecule has 3 rings (SSSR count). The Labute approximate surface area is 142 Å². The quantitative estimate of drug-likeness (QED) is 0.885. The molecule has 1 aliphatic heterocycles. The third kappa shape index (κ3) is 4.13. The van der Waals surface area contributed by atoms with Gasteiger partial charge in [0.25, 0.3) is 0 Å². The first kappa shape index (κ1) is 16.5. The summed E-state index contributed by atoms with van der Waals surface area (Å²) >= 11 is 0. The van der Waals surface area contributed by atoms with E-state index in [1.54, 1.807) is 0 Å². The van der Waals surface area contributed by atoms with Crippen molar-refractivity contribution in [1.82, 2.24) is 25.4 Å². The van der Waals surface area contributed by atoms with Crippen molar-refractivity contribution in [3.8, 4) is 0 Å². The molecule has 0 saturated heterocycles. The van der Waals surface area contributed by atoms with Gasteiger partial charge in [0.05, 0.1) is 6.54 Å². The second-order valence-electron chi connectivity index (χ2n) is 6.28. The fourth-order valence-corrected chi connectivity index (χ4v) is 3.10. The summed E-state index contributed by atoms with van der Waals surface area (Å²) in [5.74, 6) is 1.89. The van der Waals surface area contributed by atoms with Gasteiger partial charge in [0.1, 0.15) is 5.82 Å². The van der Waals surface area contributed by atoms with Crippen molar-refractivity contribution in [2.75, 3.05) is 6.54 Å². The second kappa shape index (κ2) is 7.95. The highest BCUT2D eigenvalue weighted by atomic mass is 16.2. The first-order valence-electron chi connectivity index (χ1n) is 8.71. The van der Waals surface area contributed by atoms with Gasteiger partial charge in [-0.2, -0.15) is 0 Å². The number of nitrogens with one attached hydrogen (secondary N) is 2. The van der Waals surface area contributed by atoms with Crippen molar-refractivity contribution in [2.24, 2.45) is 0 Å². The minimum atomic E-state index is -0.158. The van der Waals surface area contributed by atoms with E-state index in [-0.39, 0.29) is 6.03 Å². The van der Waals surface area contributed by atoms with Crippen molar-refractivity contribution in [3.05, 3.63) is 47.0 Å². The van der Waals surface area contributed by atoms with Gasteiger partial charge < -0.3 is 15.2 Å². The Morgan fingerprint density at radius 1 is 1.17 bits per heavy atom. The molecule has 2 aromatic rings. The Morgan fingerprint density at radius 2 is 2.04 bits per heavy atom. The lowest BCUT2D eigenvalue weighted by atomic mass is 10.1. The monoisotopic (exact) mass is 327 g/mol. The van der Waals surface area contributed by atoms with Crippen LogP contribution in [0, 0.1) is 6.92 Å². The second-order valence-corrected chi connectivity index (χ2v) is 6.28. The number of aryl methyl sites for hydroxylation is 2. The fourth-order valence-electron chi connectivity index (χ4n) is 3.10. The minimum Gasteiger partial charge on any atom is -0.338 e. The molecule has 24 heavy (non-hydrogen) atoms. The fraction of sp³-hybridized carbons (Fsp3) is 0.500. The molecule has 2 heterocycles. The number of urea groups is 1. The van der Waals surface area contributed by atoms with E-state index in [1.807, 2.05) is 12.1 Å². The largest absolute Gasteiger partial charge is 0.338 e. The van der Waals surface area contributed by atoms with Crippen LogP contribution >= 0.6 is 0 Å². The van der Waals surface area contributed by atoms with Crippen molar-refractivity contribution in [1.29, 1.82) is 0 Å². The van der Waals surface area contributed by atoms with E-state index in [0.717, 1.165) is 37.5 Å². The van der Waals surface area contributed by atoms with Crippen molar-refractivity contribution >= 4 is 6.03 Å². The van der Waals surface area contributed by atoms with Gasteiger partial charge >= 0.3 is 6.03 Å². The molecule has 0 fully saturated rings. The third-order valence-corrected chi connectivity index (χ3v) is 4.53. The predicted octanol–water partition coefficient (Wildman–Crippen LogP) is 2.35. The molecule has 1 aliphatic rings. The molecule has 2 amide bonds. The maximum Gasteiger partial charge on any atom is 0.315 e. The number of hydrogen-bond acceptors (Lipinski definition) is 3. The van der Waals surface area contributed by atoms with E-state index in [1.165, 1.54) is 24.0 Å². The maximum atomic E-state index is 12.0. The number of carbonyl (C=O) groups excluding carboxylic acids is 1. The zero-order valence-electron chi connectivity index (χ0n) is 14.2. The van der Waals surface area contributed by atoms with Crippen LogP contribution in [-0.2, 0) is 25.9 Å². The van der Waals surface area contributed by atoms with Gasteiger partial charge in [-0.3, -0.25) is 0 Å². The zero-order valence-corrected chi connectivity index (χ0v) is 14.2. The van der Waals surface area contributed by atoms with Crippen LogP contribution in [0.2, 0.25) is 0 Å². The molecule has 0 radical (unpaired) electrons. The number of nitrogens with zero attached hydrogens (tertiary/aromatic N) is 3. The van der Waals surface area contributed by atoms with Gasteiger partial charge in [0.15, 0.2) is 5.82 Å². The molecular weight excluding hydrogens is 302 g/mol. The molecule has 0 unspecified atom stereocenters. The molecule has 1 aromatic carbocycles. The Hall–Kier alpha value is -2.37. The lowest BCUT2D eigenvalue weighted by Gasteiger charge is -2.10. The van der Waals surface area contributed by atoms with Gasteiger partial charge in [-0.05, 0) is 37.3 Å². The Kier molecular flexibility index (Phi) is 5.46. The first-order chi connectivity index (χ1) is 11.7. The smallest absolute Gasteiger partial charge is 0.315 e. The lowest BCUT2D eigenvalue weighted by Crippen LogP contribution is -2.36. The SMILES string of the molecule is Cc1ccccc1CCNC(=O)NCc1nnc2n1CCCCC2. The van der Waals surface area contributed by atoms with Gasteiger partial charge in [-0.25, -0.2) is 4.79 Å². The van der Waals surface area contributed by atoms with Crippen LogP contribution in [-0.4, -0.2) is 27.3 Å². The summed E-state index contributed by atoms with van der Waals surface area (Å²) in [6, 6.07) is 8.08. The normalized spacial score (nSPS) is 13.9. The lowest BCUT2D eigenvalue weighted by molar-refractivity contribution is 0.240. The van der Waals surface area contributed by atoms with Crippen molar-refractivity contribution in [2.45, 2.75) is 52.1 Å². The molecule has 0 saturated carbocycles. The number of amides is 2. The number of benzene rings is 1. The van der Waals surface area contributed by atoms with E-state index in [0.29, 0.717) is 13.1 Å². The Morgan fingerprint density at radius 3 is 2.92 bits per heavy atom. The molecule has 0 atom stereocenters. The van der Waals surface area contributed by atoms with Crippen LogP contribution < -0.4 is 10.6 Å². The van der Waals surface area contributed by atoms with Crippen LogP contribution in [0.5, 0.6) is 0 Å². The number of fused-ring (bicyclic) bond motifs is 1. The van der Waals surface area contributed by atoms with Gasteiger partial charge in [-0.15, -0.1) is 10.2 Å². The molecule has 0 aliphatic carbocycles. The maximum absolute atomic E-state index is 12.0. The molecule has 6 heteroatoms. The highest BCUT2D eigenvalue weighted by Crippen LogP contribution is 2.14. The van der Waals surface area contributed by atoms with E-state index >= 15 is 0 Å². The molecule has 2 N–H and O–H groups in total. The van der Waals surface area contributed by atoms with Crippen LogP contribution in [0.3, 0.4) is 0 Å². The third-order valence-electron chi connectivity index (χ3n) is 4.53. The van der Waals surface area contributed by atoms with E-state index < -0.39 is 0 Å². The van der Waals surface area contributed by atoms with Gasteiger partial charge in [0, 0.05) is 19.5 Å². The summed E-state index contributed by atoms with van der Waals surface area (Å²) in [6.45, 7) is 4.08. The summed E-state index contributed by atoms with van der Waals surface area (Å²) in [7, 11) is 0. The average molecular weight is 327 g/mol. The topological polar surface area (TPSA) is 71.8 Å². The molecule has 6 nitrogen and oxygen atoms in total. The molecule has 1 aromatic heterocycles. The van der Waals surface area contributed by atoms with Crippen molar-refractivity contribution < 1.29 is 4.79 Å². The average Bonchev–Trinajstić information content (AvgIpc) is 2.81. The van der Waals surface area contributed by atoms with E-state index in [9.17, 15) is 4.79 Å².